The maximum absolute atomic E-state index is 11.8. The van der Waals surface area contributed by atoms with Crippen LogP contribution in [-0.2, 0) is 9.59 Å². The van der Waals surface area contributed by atoms with Gasteiger partial charge in [0.25, 0.3) is 0 Å². The summed E-state index contributed by atoms with van der Waals surface area (Å²) in [6.07, 6.45) is 0.292. The summed E-state index contributed by atoms with van der Waals surface area (Å²) in [7, 11) is 0. The second-order valence-electron chi connectivity index (χ2n) is 4.80. The van der Waals surface area contributed by atoms with E-state index in [0.29, 0.717) is 12.1 Å². The molecular weight excluding hydrogens is 258 g/mol. The van der Waals surface area contributed by atoms with Gasteiger partial charge in [0.2, 0.25) is 5.91 Å². The van der Waals surface area contributed by atoms with Crippen LogP contribution < -0.4 is 5.32 Å². The van der Waals surface area contributed by atoms with Gasteiger partial charge in [0, 0.05) is 31.4 Å². The van der Waals surface area contributed by atoms with Crippen molar-refractivity contribution < 1.29 is 19.5 Å². The van der Waals surface area contributed by atoms with Crippen LogP contribution in [0.15, 0.2) is 30.3 Å². The van der Waals surface area contributed by atoms with Crippen LogP contribution in [-0.4, -0.2) is 29.3 Å². The number of carboxylic acid groups (broad SMARTS) is 1. The minimum atomic E-state index is -0.883. The smallest absolute Gasteiger partial charge is 0.303 e. The van der Waals surface area contributed by atoms with Gasteiger partial charge in [-0.2, -0.15) is 0 Å². The molecule has 1 aromatic carbocycles. The predicted octanol–water partition coefficient (Wildman–Crippen LogP) is 1.88. The molecule has 0 spiro atoms. The van der Waals surface area contributed by atoms with Crippen molar-refractivity contribution >= 4 is 17.7 Å². The number of Topliss-reactive ketones (excluding diaryl/α,β-unsaturated/α-hetero) is 1. The number of ketones is 1. The van der Waals surface area contributed by atoms with Crippen LogP contribution in [0.5, 0.6) is 0 Å². The molecule has 0 radical (unpaired) electrons. The fourth-order valence-corrected chi connectivity index (χ4v) is 1.74. The Morgan fingerprint density at radius 2 is 1.80 bits per heavy atom. The van der Waals surface area contributed by atoms with E-state index in [9.17, 15) is 14.4 Å². The summed E-state index contributed by atoms with van der Waals surface area (Å²) in [5.41, 5.74) is 0.597. The maximum atomic E-state index is 11.8. The number of hydrogen-bond acceptors (Lipinski definition) is 3. The molecule has 0 saturated carbocycles. The lowest BCUT2D eigenvalue weighted by atomic mass is 10.1. The van der Waals surface area contributed by atoms with Gasteiger partial charge in [-0.25, -0.2) is 0 Å². The van der Waals surface area contributed by atoms with Gasteiger partial charge >= 0.3 is 5.97 Å². The van der Waals surface area contributed by atoms with E-state index in [1.807, 2.05) is 6.07 Å². The molecule has 0 aromatic heterocycles. The Kier molecular flexibility index (Phi) is 6.43. The molecule has 1 unspecified atom stereocenters. The summed E-state index contributed by atoms with van der Waals surface area (Å²) < 4.78 is 0. The van der Waals surface area contributed by atoms with Crippen molar-refractivity contribution in [2.45, 2.75) is 26.2 Å². The lowest BCUT2D eigenvalue weighted by molar-refractivity contribution is -0.138. The number of nitrogens with one attached hydrogen (secondary N) is 1. The summed E-state index contributed by atoms with van der Waals surface area (Å²) in [5, 5.41) is 11.2. The number of carboxylic acids is 1. The van der Waals surface area contributed by atoms with Crippen molar-refractivity contribution in [1.82, 2.24) is 5.32 Å². The number of benzene rings is 1. The zero-order chi connectivity index (χ0) is 15.0. The molecule has 0 saturated heterocycles. The Morgan fingerprint density at radius 3 is 2.40 bits per heavy atom. The minimum Gasteiger partial charge on any atom is -0.481 e. The SMILES string of the molecule is CC(CNC(=O)CCC(=O)c1ccccc1)CC(=O)O. The van der Waals surface area contributed by atoms with Crippen LogP contribution >= 0.6 is 0 Å². The van der Waals surface area contributed by atoms with Crippen molar-refractivity contribution in [3.05, 3.63) is 35.9 Å². The van der Waals surface area contributed by atoms with Crippen LogP contribution in [0.2, 0.25) is 0 Å². The van der Waals surface area contributed by atoms with E-state index in [2.05, 4.69) is 5.32 Å². The molecule has 1 amide bonds. The number of amides is 1. The zero-order valence-corrected chi connectivity index (χ0v) is 11.5. The highest BCUT2D eigenvalue weighted by molar-refractivity contribution is 5.97. The topological polar surface area (TPSA) is 83.5 Å². The first-order valence-corrected chi connectivity index (χ1v) is 6.55. The normalized spacial score (nSPS) is 11.7. The molecule has 1 aromatic rings. The Labute approximate surface area is 118 Å². The van der Waals surface area contributed by atoms with Crippen molar-refractivity contribution in [2.24, 2.45) is 5.92 Å². The van der Waals surface area contributed by atoms with Gasteiger partial charge in [0.1, 0.15) is 0 Å². The molecule has 20 heavy (non-hydrogen) atoms. The molecule has 0 fully saturated rings. The van der Waals surface area contributed by atoms with Gasteiger partial charge in [0.05, 0.1) is 0 Å². The Hall–Kier alpha value is -2.17. The van der Waals surface area contributed by atoms with Crippen LogP contribution in [0.3, 0.4) is 0 Å². The fraction of sp³-hybridized carbons (Fsp3) is 0.400. The molecule has 5 nitrogen and oxygen atoms in total. The van der Waals surface area contributed by atoms with Crippen LogP contribution in [0.1, 0.15) is 36.5 Å². The Bertz CT molecular complexity index is 470. The zero-order valence-electron chi connectivity index (χ0n) is 11.5. The highest BCUT2D eigenvalue weighted by Gasteiger charge is 2.11. The molecule has 0 aliphatic rings. The van der Waals surface area contributed by atoms with Gasteiger partial charge < -0.3 is 10.4 Å². The van der Waals surface area contributed by atoms with E-state index in [0.717, 1.165) is 0 Å². The third kappa shape index (κ3) is 6.13. The lowest BCUT2D eigenvalue weighted by Gasteiger charge is -2.10. The molecule has 1 atom stereocenters. The number of carbonyl (C=O) groups excluding carboxylic acids is 2. The van der Waals surface area contributed by atoms with E-state index in [-0.39, 0.29) is 36.9 Å². The van der Waals surface area contributed by atoms with Gasteiger partial charge in [-0.05, 0) is 5.92 Å². The largest absolute Gasteiger partial charge is 0.481 e. The minimum absolute atomic E-state index is 0.0171. The molecule has 0 aliphatic heterocycles. The number of rotatable bonds is 8. The van der Waals surface area contributed by atoms with Gasteiger partial charge in [-0.1, -0.05) is 37.3 Å². The Morgan fingerprint density at radius 1 is 1.15 bits per heavy atom. The van der Waals surface area contributed by atoms with E-state index in [1.54, 1.807) is 31.2 Å². The molecule has 2 N–H and O–H groups in total. The van der Waals surface area contributed by atoms with Gasteiger partial charge in [0.15, 0.2) is 5.78 Å². The fourth-order valence-electron chi connectivity index (χ4n) is 1.74. The van der Waals surface area contributed by atoms with Crippen molar-refractivity contribution in [3.63, 3.8) is 0 Å². The third-order valence-electron chi connectivity index (χ3n) is 2.85. The number of aliphatic carboxylic acids is 1. The van der Waals surface area contributed by atoms with Crippen LogP contribution in [0.25, 0.3) is 0 Å². The molecule has 0 aliphatic carbocycles. The first-order valence-electron chi connectivity index (χ1n) is 6.55. The average molecular weight is 277 g/mol. The van der Waals surface area contributed by atoms with E-state index in [4.69, 9.17) is 5.11 Å². The summed E-state index contributed by atoms with van der Waals surface area (Å²) in [4.78, 5) is 33.8. The van der Waals surface area contributed by atoms with E-state index >= 15 is 0 Å². The summed E-state index contributed by atoms with van der Waals surface area (Å²) in [5.74, 6) is -1.31. The molecular formula is C15H19NO4. The van der Waals surface area contributed by atoms with E-state index in [1.165, 1.54) is 0 Å². The van der Waals surface area contributed by atoms with Crippen LogP contribution in [0, 0.1) is 5.92 Å². The van der Waals surface area contributed by atoms with Gasteiger partial charge in [-0.3, -0.25) is 14.4 Å². The highest BCUT2D eigenvalue weighted by atomic mass is 16.4. The summed E-state index contributed by atoms with van der Waals surface area (Å²) >= 11 is 0. The summed E-state index contributed by atoms with van der Waals surface area (Å²) in [6, 6.07) is 8.82. The lowest BCUT2D eigenvalue weighted by Crippen LogP contribution is -2.29. The standard InChI is InChI=1S/C15H19NO4/c1-11(9-15(19)20)10-16-14(18)8-7-13(17)12-5-3-2-4-6-12/h2-6,11H,7-10H2,1H3,(H,16,18)(H,19,20). The van der Waals surface area contributed by atoms with Gasteiger partial charge in [-0.15, -0.1) is 0 Å². The Balaban J connectivity index is 2.26. The first-order chi connectivity index (χ1) is 9.49. The molecule has 0 heterocycles. The molecule has 5 heteroatoms. The van der Waals surface area contributed by atoms with Crippen molar-refractivity contribution in [3.8, 4) is 0 Å². The van der Waals surface area contributed by atoms with E-state index < -0.39 is 5.97 Å². The second-order valence-corrected chi connectivity index (χ2v) is 4.80. The maximum Gasteiger partial charge on any atom is 0.303 e. The van der Waals surface area contributed by atoms with Crippen molar-refractivity contribution in [2.75, 3.05) is 6.54 Å². The average Bonchev–Trinajstić information content (AvgIpc) is 2.42. The molecule has 1 rings (SSSR count). The monoisotopic (exact) mass is 277 g/mol. The third-order valence-corrected chi connectivity index (χ3v) is 2.85. The van der Waals surface area contributed by atoms with Crippen molar-refractivity contribution in [1.29, 1.82) is 0 Å². The quantitative estimate of drug-likeness (QED) is 0.711. The predicted molar refractivity (Wildman–Crippen MR) is 74.4 cm³/mol. The van der Waals surface area contributed by atoms with Crippen LogP contribution in [0.4, 0.5) is 0 Å². The molecule has 108 valence electrons. The number of hydrogen-bond donors (Lipinski definition) is 2. The second kappa shape index (κ2) is 8.09. The molecule has 0 bridgehead atoms. The number of carbonyl (C=O) groups is 3. The highest BCUT2D eigenvalue weighted by Crippen LogP contribution is 2.05. The summed E-state index contributed by atoms with van der Waals surface area (Å²) in [6.45, 7) is 2.06. The first kappa shape index (κ1) is 15.9.